The maximum absolute atomic E-state index is 5.63. The van der Waals surface area contributed by atoms with Crippen molar-refractivity contribution in [3.63, 3.8) is 0 Å². The number of nitrogens with zero attached hydrogens (tertiary/aromatic N) is 1. The molecule has 1 rings (SSSR count). The van der Waals surface area contributed by atoms with E-state index in [4.69, 9.17) is 9.47 Å². The first-order valence-electron chi connectivity index (χ1n) is 5.78. The number of hydrogen-bond donors (Lipinski definition) is 0. The van der Waals surface area contributed by atoms with Gasteiger partial charge in [0.2, 0.25) is 0 Å². The molecule has 1 atom stereocenters. The molecule has 1 aliphatic heterocycles. The van der Waals surface area contributed by atoms with Crippen molar-refractivity contribution in [2.24, 2.45) is 0 Å². The molecule has 0 spiro atoms. The number of morpholine rings is 1. The van der Waals surface area contributed by atoms with Crippen molar-refractivity contribution in [3.8, 4) is 0 Å². The molecule has 1 unspecified atom stereocenters. The summed E-state index contributed by atoms with van der Waals surface area (Å²) in [5, 5.41) is 0. The lowest BCUT2D eigenvalue weighted by Gasteiger charge is -2.32. The van der Waals surface area contributed by atoms with Crippen LogP contribution in [0.2, 0.25) is 0 Å². The number of hydrogen-bond acceptors (Lipinski definition) is 3. The van der Waals surface area contributed by atoms with Crippen LogP contribution in [0.5, 0.6) is 0 Å². The Hall–Kier alpha value is -0.120. The van der Waals surface area contributed by atoms with E-state index in [9.17, 15) is 0 Å². The molecular weight excluding hydrogens is 178 g/mol. The molecule has 1 aliphatic rings. The molecule has 84 valence electrons. The van der Waals surface area contributed by atoms with Gasteiger partial charge in [0.05, 0.1) is 19.3 Å². The minimum absolute atomic E-state index is 0.293. The van der Waals surface area contributed by atoms with Crippen molar-refractivity contribution in [2.75, 3.05) is 39.5 Å². The predicted molar refractivity (Wildman–Crippen MR) is 57.6 cm³/mol. The Kier molecular flexibility index (Phi) is 6.15. The lowest BCUT2D eigenvalue weighted by molar-refractivity contribution is -0.0688. The van der Waals surface area contributed by atoms with Gasteiger partial charge in [-0.05, 0) is 19.4 Å². The maximum Gasteiger partial charge on any atom is 0.0935 e. The van der Waals surface area contributed by atoms with Gasteiger partial charge in [0.1, 0.15) is 0 Å². The van der Waals surface area contributed by atoms with Crippen LogP contribution in [0.4, 0.5) is 0 Å². The first-order valence-corrected chi connectivity index (χ1v) is 5.78. The van der Waals surface area contributed by atoms with Crippen molar-refractivity contribution in [1.82, 2.24) is 4.90 Å². The van der Waals surface area contributed by atoms with Crippen molar-refractivity contribution in [3.05, 3.63) is 0 Å². The molecule has 3 nitrogen and oxygen atoms in total. The fourth-order valence-electron chi connectivity index (χ4n) is 1.76. The van der Waals surface area contributed by atoms with Crippen molar-refractivity contribution in [2.45, 2.75) is 32.8 Å². The first kappa shape index (κ1) is 12.0. The van der Waals surface area contributed by atoms with Gasteiger partial charge in [-0.25, -0.2) is 0 Å². The van der Waals surface area contributed by atoms with Crippen molar-refractivity contribution < 1.29 is 9.47 Å². The molecule has 0 saturated carbocycles. The predicted octanol–water partition coefficient (Wildman–Crippen LogP) is 1.52. The smallest absolute Gasteiger partial charge is 0.0935 e. The molecule has 0 radical (unpaired) electrons. The largest absolute Gasteiger partial charge is 0.379 e. The third kappa shape index (κ3) is 4.40. The normalized spacial score (nSPS) is 24.0. The summed E-state index contributed by atoms with van der Waals surface area (Å²) in [6, 6.07) is 0. The average molecular weight is 201 g/mol. The summed E-state index contributed by atoms with van der Waals surface area (Å²) in [6.07, 6.45) is 2.61. The zero-order valence-corrected chi connectivity index (χ0v) is 9.50. The minimum Gasteiger partial charge on any atom is -0.379 e. The molecule has 0 aromatic carbocycles. The second-order valence-electron chi connectivity index (χ2n) is 3.87. The van der Waals surface area contributed by atoms with E-state index in [1.807, 2.05) is 0 Å². The van der Waals surface area contributed by atoms with Gasteiger partial charge >= 0.3 is 0 Å². The molecule has 0 aromatic heterocycles. The summed E-state index contributed by atoms with van der Waals surface area (Å²) in [5.74, 6) is 0. The molecule has 0 bridgehead atoms. The summed E-state index contributed by atoms with van der Waals surface area (Å²) in [6.45, 7) is 10.1. The topological polar surface area (TPSA) is 21.7 Å². The highest BCUT2D eigenvalue weighted by molar-refractivity contribution is 4.70. The fraction of sp³-hybridized carbons (Fsp3) is 1.00. The number of ether oxygens (including phenoxy) is 2. The van der Waals surface area contributed by atoms with E-state index in [2.05, 4.69) is 18.7 Å². The summed E-state index contributed by atoms with van der Waals surface area (Å²) >= 11 is 0. The van der Waals surface area contributed by atoms with Crippen LogP contribution in [0.1, 0.15) is 26.7 Å². The van der Waals surface area contributed by atoms with Gasteiger partial charge in [0.15, 0.2) is 0 Å². The summed E-state index contributed by atoms with van der Waals surface area (Å²) in [7, 11) is 0. The zero-order valence-electron chi connectivity index (χ0n) is 9.50. The summed E-state index contributed by atoms with van der Waals surface area (Å²) in [5.41, 5.74) is 0. The van der Waals surface area contributed by atoms with Crippen LogP contribution < -0.4 is 0 Å². The van der Waals surface area contributed by atoms with E-state index in [1.165, 1.54) is 13.0 Å². The van der Waals surface area contributed by atoms with Crippen molar-refractivity contribution >= 4 is 0 Å². The van der Waals surface area contributed by atoms with E-state index < -0.39 is 0 Å². The van der Waals surface area contributed by atoms with Gasteiger partial charge in [-0.15, -0.1) is 0 Å². The molecular formula is C11H23NO2. The van der Waals surface area contributed by atoms with Crippen LogP contribution >= 0.6 is 0 Å². The monoisotopic (exact) mass is 201 g/mol. The SMILES string of the molecule is CCCOCC1CN(CCC)CCO1. The quantitative estimate of drug-likeness (QED) is 0.608. The average Bonchev–Trinajstić information content (AvgIpc) is 2.19. The highest BCUT2D eigenvalue weighted by Gasteiger charge is 2.19. The van der Waals surface area contributed by atoms with Crippen LogP contribution in [0, 0.1) is 0 Å². The Morgan fingerprint density at radius 2 is 2.21 bits per heavy atom. The highest BCUT2D eigenvalue weighted by Crippen LogP contribution is 2.06. The van der Waals surface area contributed by atoms with E-state index in [-0.39, 0.29) is 0 Å². The first-order chi connectivity index (χ1) is 6.86. The van der Waals surface area contributed by atoms with Crippen LogP contribution in [0.25, 0.3) is 0 Å². The summed E-state index contributed by atoms with van der Waals surface area (Å²) in [4.78, 5) is 2.46. The molecule has 0 aromatic rings. The van der Waals surface area contributed by atoms with Gasteiger partial charge in [-0.3, -0.25) is 4.90 Å². The highest BCUT2D eigenvalue weighted by atomic mass is 16.5. The molecule has 0 N–H and O–H groups in total. The molecule has 0 amide bonds. The van der Waals surface area contributed by atoms with Gasteiger partial charge in [-0.1, -0.05) is 13.8 Å². The Morgan fingerprint density at radius 1 is 1.36 bits per heavy atom. The minimum atomic E-state index is 0.293. The Labute approximate surface area is 87.4 Å². The van der Waals surface area contributed by atoms with Gasteiger partial charge < -0.3 is 9.47 Å². The van der Waals surface area contributed by atoms with Crippen LogP contribution in [0.15, 0.2) is 0 Å². The second kappa shape index (κ2) is 7.21. The van der Waals surface area contributed by atoms with Crippen LogP contribution in [-0.2, 0) is 9.47 Å². The Bertz CT molecular complexity index is 139. The zero-order chi connectivity index (χ0) is 10.2. The molecule has 1 saturated heterocycles. The maximum atomic E-state index is 5.63. The third-order valence-corrected chi connectivity index (χ3v) is 2.41. The molecule has 0 aliphatic carbocycles. The lowest BCUT2D eigenvalue weighted by atomic mass is 10.2. The fourth-order valence-corrected chi connectivity index (χ4v) is 1.76. The van der Waals surface area contributed by atoms with Gasteiger partial charge in [0.25, 0.3) is 0 Å². The van der Waals surface area contributed by atoms with Gasteiger partial charge in [0, 0.05) is 19.7 Å². The Balaban J connectivity index is 2.12. The van der Waals surface area contributed by atoms with Gasteiger partial charge in [-0.2, -0.15) is 0 Å². The Morgan fingerprint density at radius 3 is 2.93 bits per heavy atom. The van der Waals surface area contributed by atoms with E-state index >= 15 is 0 Å². The van der Waals surface area contributed by atoms with Crippen LogP contribution in [0.3, 0.4) is 0 Å². The van der Waals surface area contributed by atoms with Crippen LogP contribution in [-0.4, -0.2) is 50.5 Å². The third-order valence-electron chi connectivity index (χ3n) is 2.41. The summed E-state index contributed by atoms with van der Waals surface area (Å²) < 4.78 is 11.1. The molecule has 3 heteroatoms. The molecule has 1 heterocycles. The van der Waals surface area contributed by atoms with E-state index in [1.54, 1.807) is 0 Å². The molecule has 14 heavy (non-hydrogen) atoms. The van der Waals surface area contributed by atoms with E-state index in [0.29, 0.717) is 6.10 Å². The van der Waals surface area contributed by atoms with E-state index in [0.717, 1.165) is 39.3 Å². The number of rotatable bonds is 6. The standard InChI is InChI=1S/C11H23NO2/c1-3-5-12-6-8-14-11(9-12)10-13-7-4-2/h11H,3-10H2,1-2H3. The second-order valence-corrected chi connectivity index (χ2v) is 3.87. The lowest BCUT2D eigenvalue weighted by Crippen LogP contribution is -2.44. The molecule has 1 fully saturated rings. The van der Waals surface area contributed by atoms with Crippen molar-refractivity contribution in [1.29, 1.82) is 0 Å².